The van der Waals surface area contributed by atoms with Crippen LogP contribution in [0.1, 0.15) is 25.5 Å². The highest BCUT2D eigenvalue weighted by Gasteiger charge is 2.33. The average molecular weight is 316 g/mol. The molecule has 18 heavy (non-hydrogen) atoms. The minimum Gasteiger partial charge on any atom is -0.468 e. The number of halogens is 1. The minimum absolute atomic E-state index is 0.362. The highest BCUT2D eigenvalue weighted by molar-refractivity contribution is 9.09. The third kappa shape index (κ3) is 3.59. The summed E-state index contributed by atoms with van der Waals surface area (Å²) in [5, 5.41) is 1.05. The molecule has 4 heteroatoms. The van der Waals surface area contributed by atoms with Crippen LogP contribution in [0.4, 0.5) is 0 Å². The fourth-order valence-corrected chi connectivity index (χ4v) is 3.25. The summed E-state index contributed by atoms with van der Waals surface area (Å²) in [4.78, 5) is 2.46. The standard InChI is InChI=1S/C14H22BrNO2/c1-2-16(10-13-4-3-7-18-13)12-14(11-15)5-8-17-9-6-14/h3-4,7H,2,5-6,8-12H2,1H3. The molecule has 2 heterocycles. The molecule has 1 aromatic heterocycles. The Bertz CT molecular complexity index is 334. The lowest BCUT2D eigenvalue weighted by Gasteiger charge is -2.39. The molecule has 1 saturated heterocycles. The van der Waals surface area contributed by atoms with Crippen molar-refractivity contribution in [3.05, 3.63) is 24.2 Å². The van der Waals surface area contributed by atoms with Crippen molar-refractivity contribution in [2.24, 2.45) is 5.41 Å². The molecule has 0 amide bonds. The maximum Gasteiger partial charge on any atom is 0.117 e. The van der Waals surface area contributed by atoms with Gasteiger partial charge in [0.25, 0.3) is 0 Å². The summed E-state index contributed by atoms with van der Waals surface area (Å²) in [6.07, 6.45) is 4.04. The average Bonchev–Trinajstić information content (AvgIpc) is 2.92. The van der Waals surface area contributed by atoms with E-state index in [0.29, 0.717) is 5.41 Å². The minimum atomic E-state index is 0.362. The molecule has 102 valence electrons. The first-order chi connectivity index (χ1) is 8.78. The second-order valence-electron chi connectivity index (χ2n) is 5.13. The van der Waals surface area contributed by atoms with Crippen LogP contribution in [0.2, 0.25) is 0 Å². The van der Waals surface area contributed by atoms with Crippen molar-refractivity contribution in [2.75, 3.05) is 31.6 Å². The van der Waals surface area contributed by atoms with Gasteiger partial charge in [0, 0.05) is 25.1 Å². The summed E-state index contributed by atoms with van der Waals surface area (Å²) < 4.78 is 10.9. The van der Waals surface area contributed by atoms with Crippen LogP contribution in [-0.2, 0) is 11.3 Å². The molecule has 3 nitrogen and oxygen atoms in total. The Balaban J connectivity index is 1.95. The summed E-state index contributed by atoms with van der Waals surface area (Å²) in [6, 6.07) is 4.01. The molecule has 0 atom stereocenters. The molecule has 0 saturated carbocycles. The predicted molar refractivity (Wildman–Crippen MR) is 75.9 cm³/mol. The van der Waals surface area contributed by atoms with Gasteiger partial charge in [0.15, 0.2) is 0 Å². The van der Waals surface area contributed by atoms with Crippen LogP contribution in [0.5, 0.6) is 0 Å². The number of furan rings is 1. The third-order valence-corrected chi connectivity index (χ3v) is 4.99. The Hall–Kier alpha value is -0.320. The number of ether oxygens (including phenoxy) is 1. The first kappa shape index (κ1) is 14.1. The van der Waals surface area contributed by atoms with Crippen molar-refractivity contribution in [1.82, 2.24) is 4.90 Å². The molecular weight excluding hydrogens is 294 g/mol. The van der Waals surface area contributed by atoms with Gasteiger partial charge < -0.3 is 9.15 Å². The van der Waals surface area contributed by atoms with E-state index in [1.807, 2.05) is 12.1 Å². The zero-order valence-electron chi connectivity index (χ0n) is 11.0. The Morgan fingerprint density at radius 1 is 1.39 bits per heavy atom. The van der Waals surface area contributed by atoms with E-state index in [1.54, 1.807) is 6.26 Å². The lowest BCUT2D eigenvalue weighted by molar-refractivity contribution is 0.00675. The van der Waals surface area contributed by atoms with Gasteiger partial charge in [-0.1, -0.05) is 22.9 Å². The highest BCUT2D eigenvalue weighted by atomic mass is 79.9. The Labute approximate surface area is 118 Å². The summed E-state index contributed by atoms with van der Waals surface area (Å²) in [6.45, 7) is 7.06. The fourth-order valence-electron chi connectivity index (χ4n) is 2.52. The van der Waals surface area contributed by atoms with Gasteiger partial charge in [0.2, 0.25) is 0 Å². The number of rotatable bonds is 6. The first-order valence-electron chi connectivity index (χ1n) is 6.66. The van der Waals surface area contributed by atoms with Crippen molar-refractivity contribution in [1.29, 1.82) is 0 Å². The normalized spacial score (nSPS) is 19.3. The van der Waals surface area contributed by atoms with Crippen molar-refractivity contribution in [3.63, 3.8) is 0 Å². The highest BCUT2D eigenvalue weighted by Crippen LogP contribution is 2.33. The van der Waals surface area contributed by atoms with Gasteiger partial charge in [0.1, 0.15) is 5.76 Å². The quantitative estimate of drug-likeness (QED) is 0.753. The van der Waals surface area contributed by atoms with Crippen molar-refractivity contribution in [2.45, 2.75) is 26.3 Å². The Kier molecular flexibility index (Phi) is 5.27. The lowest BCUT2D eigenvalue weighted by Crippen LogP contribution is -2.42. The van der Waals surface area contributed by atoms with Crippen LogP contribution >= 0.6 is 15.9 Å². The van der Waals surface area contributed by atoms with Gasteiger partial charge in [0.05, 0.1) is 12.8 Å². The molecule has 2 rings (SSSR count). The van der Waals surface area contributed by atoms with E-state index in [9.17, 15) is 0 Å². The van der Waals surface area contributed by atoms with Crippen LogP contribution in [0, 0.1) is 5.41 Å². The van der Waals surface area contributed by atoms with Crippen LogP contribution in [0.3, 0.4) is 0 Å². The molecule has 0 radical (unpaired) electrons. The fraction of sp³-hybridized carbons (Fsp3) is 0.714. The van der Waals surface area contributed by atoms with Crippen LogP contribution in [0.25, 0.3) is 0 Å². The van der Waals surface area contributed by atoms with Crippen molar-refractivity contribution in [3.8, 4) is 0 Å². The maximum absolute atomic E-state index is 5.49. The van der Waals surface area contributed by atoms with E-state index in [4.69, 9.17) is 9.15 Å². The number of hydrogen-bond acceptors (Lipinski definition) is 3. The summed E-state index contributed by atoms with van der Waals surface area (Å²) >= 11 is 3.70. The number of alkyl halides is 1. The second-order valence-corrected chi connectivity index (χ2v) is 5.69. The van der Waals surface area contributed by atoms with E-state index in [-0.39, 0.29) is 0 Å². The van der Waals surface area contributed by atoms with Gasteiger partial charge in [-0.2, -0.15) is 0 Å². The molecule has 0 aromatic carbocycles. The van der Waals surface area contributed by atoms with E-state index in [2.05, 4.69) is 27.8 Å². The SMILES string of the molecule is CCN(Cc1ccco1)CC1(CBr)CCOCC1. The molecule has 0 aliphatic carbocycles. The lowest BCUT2D eigenvalue weighted by atomic mass is 9.82. The van der Waals surface area contributed by atoms with Gasteiger partial charge in [-0.15, -0.1) is 0 Å². The van der Waals surface area contributed by atoms with E-state index < -0.39 is 0 Å². The van der Waals surface area contributed by atoms with E-state index in [1.165, 1.54) is 0 Å². The molecule has 1 aliphatic heterocycles. The van der Waals surface area contributed by atoms with Gasteiger partial charge in [-0.25, -0.2) is 0 Å². The van der Waals surface area contributed by atoms with Gasteiger partial charge in [-0.05, 0) is 36.9 Å². The zero-order chi connectivity index (χ0) is 12.8. The second kappa shape index (κ2) is 6.73. The molecule has 1 aromatic rings. The molecule has 0 unspecified atom stereocenters. The molecule has 1 fully saturated rings. The molecule has 0 bridgehead atoms. The van der Waals surface area contributed by atoms with Gasteiger partial charge in [-0.3, -0.25) is 4.90 Å². The first-order valence-corrected chi connectivity index (χ1v) is 7.78. The molecule has 0 spiro atoms. The number of nitrogens with zero attached hydrogens (tertiary/aromatic N) is 1. The van der Waals surface area contributed by atoms with Crippen molar-refractivity contribution < 1.29 is 9.15 Å². The predicted octanol–water partition coefficient (Wildman–Crippen LogP) is 3.29. The third-order valence-electron chi connectivity index (χ3n) is 3.80. The van der Waals surface area contributed by atoms with Gasteiger partial charge >= 0.3 is 0 Å². The zero-order valence-corrected chi connectivity index (χ0v) is 12.6. The van der Waals surface area contributed by atoms with Crippen LogP contribution in [-0.4, -0.2) is 36.5 Å². The molecule has 0 N–H and O–H groups in total. The summed E-state index contributed by atoms with van der Waals surface area (Å²) in [7, 11) is 0. The maximum atomic E-state index is 5.49. The van der Waals surface area contributed by atoms with Crippen LogP contribution in [0.15, 0.2) is 22.8 Å². The van der Waals surface area contributed by atoms with Crippen LogP contribution < -0.4 is 0 Å². The topological polar surface area (TPSA) is 25.6 Å². The number of hydrogen-bond donors (Lipinski definition) is 0. The van der Waals surface area contributed by atoms with Crippen molar-refractivity contribution >= 4 is 15.9 Å². The smallest absolute Gasteiger partial charge is 0.117 e. The largest absolute Gasteiger partial charge is 0.468 e. The Morgan fingerprint density at radius 3 is 2.72 bits per heavy atom. The Morgan fingerprint density at radius 2 is 2.17 bits per heavy atom. The summed E-state index contributed by atoms with van der Waals surface area (Å²) in [5.41, 5.74) is 0.362. The molecular formula is C14H22BrNO2. The summed E-state index contributed by atoms with van der Waals surface area (Å²) in [5.74, 6) is 1.05. The van der Waals surface area contributed by atoms with E-state index >= 15 is 0 Å². The monoisotopic (exact) mass is 315 g/mol. The van der Waals surface area contributed by atoms with E-state index in [0.717, 1.165) is 56.8 Å². The molecule has 1 aliphatic rings.